The molecule has 3 rings (SSSR count). The Kier molecular flexibility index (Phi) is 4.42. The molecule has 1 aromatic heterocycles. The molecule has 0 fully saturated rings. The van der Waals surface area contributed by atoms with E-state index < -0.39 is 6.23 Å². The van der Waals surface area contributed by atoms with Crippen molar-refractivity contribution in [2.45, 2.75) is 12.8 Å². The number of benzene rings is 1. The molecule has 1 unspecified atom stereocenters. The van der Waals surface area contributed by atoms with Crippen molar-refractivity contribution in [3.63, 3.8) is 0 Å². The van der Waals surface area contributed by atoms with Gasteiger partial charge in [-0.3, -0.25) is 4.90 Å². The molecule has 1 N–H and O–H groups in total. The monoisotopic (exact) mass is 321 g/mol. The number of hydrogen-bond acceptors (Lipinski definition) is 6. The Labute approximate surface area is 133 Å². The lowest BCUT2D eigenvalue weighted by Crippen LogP contribution is -2.30. The molecule has 116 valence electrons. The first-order valence-corrected chi connectivity index (χ1v) is 7.25. The summed E-state index contributed by atoms with van der Waals surface area (Å²) >= 11 is 6.08. The minimum atomic E-state index is -0.909. The first-order chi connectivity index (χ1) is 10.7. The zero-order valence-electron chi connectivity index (χ0n) is 12.1. The van der Waals surface area contributed by atoms with Gasteiger partial charge in [0.15, 0.2) is 0 Å². The fourth-order valence-electron chi connectivity index (χ4n) is 2.39. The molecule has 0 saturated carbocycles. The maximum absolute atomic E-state index is 10.6. The highest BCUT2D eigenvalue weighted by Crippen LogP contribution is 2.33. The van der Waals surface area contributed by atoms with Crippen LogP contribution in [0.5, 0.6) is 11.6 Å². The number of aliphatic hydroxyl groups is 1. The maximum Gasteiger partial charge on any atom is 0.225 e. The number of ether oxygens (including phenoxy) is 2. The molecule has 1 aromatic carbocycles. The molecule has 2 aromatic rings. The molecule has 0 radical (unpaired) electrons. The minimum absolute atomic E-state index is 0.208. The molecule has 0 bridgehead atoms. The average Bonchev–Trinajstić information content (AvgIpc) is 2.69. The Morgan fingerprint density at radius 1 is 1.36 bits per heavy atom. The highest BCUT2D eigenvalue weighted by Gasteiger charge is 2.28. The summed E-state index contributed by atoms with van der Waals surface area (Å²) in [4.78, 5) is 9.82. The van der Waals surface area contributed by atoms with Crippen LogP contribution in [0.4, 0.5) is 0 Å². The summed E-state index contributed by atoms with van der Waals surface area (Å²) in [6.07, 6.45) is 0.417. The summed E-state index contributed by atoms with van der Waals surface area (Å²) in [6, 6.07) is 7.70. The van der Waals surface area contributed by atoms with Crippen LogP contribution in [0.2, 0.25) is 5.15 Å². The first-order valence-electron chi connectivity index (χ1n) is 6.87. The standard InChI is InChI=1S/C15H16ClN3O3/c1-21-11-4-2-10(3-5-11)8-19-6-7-22-14-12(15(19)20)13(16)17-9-18-14/h2-5,9,15,20H,6-8H2,1H3. The van der Waals surface area contributed by atoms with Gasteiger partial charge in [0.05, 0.1) is 12.7 Å². The molecule has 1 aliphatic heterocycles. The number of fused-ring (bicyclic) bond motifs is 1. The van der Waals surface area contributed by atoms with Crippen LogP contribution < -0.4 is 9.47 Å². The second-order valence-electron chi connectivity index (χ2n) is 4.92. The molecular weight excluding hydrogens is 306 g/mol. The highest BCUT2D eigenvalue weighted by molar-refractivity contribution is 6.30. The Morgan fingerprint density at radius 3 is 2.86 bits per heavy atom. The van der Waals surface area contributed by atoms with Crippen LogP contribution in [-0.2, 0) is 6.54 Å². The van der Waals surface area contributed by atoms with Crippen molar-refractivity contribution in [2.24, 2.45) is 0 Å². The summed E-state index contributed by atoms with van der Waals surface area (Å²) < 4.78 is 10.7. The summed E-state index contributed by atoms with van der Waals surface area (Å²) in [5.41, 5.74) is 1.46. The number of halogens is 1. The number of hydrogen-bond donors (Lipinski definition) is 1. The molecule has 0 aliphatic carbocycles. The Bertz CT molecular complexity index is 651. The van der Waals surface area contributed by atoms with E-state index in [1.54, 1.807) is 7.11 Å². The molecule has 2 heterocycles. The molecule has 0 saturated heterocycles. The summed E-state index contributed by atoms with van der Waals surface area (Å²) in [5.74, 6) is 1.13. The normalized spacial score (nSPS) is 18.2. The van der Waals surface area contributed by atoms with Gasteiger partial charge in [-0.05, 0) is 17.7 Å². The molecule has 7 heteroatoms. The van der Waals surface area contributed by atoms with Gasteiger partial charge in [-0.1, -0.05) is 23.7 Å². The number of aromatic nitrogens is 2. The van der Waals surface area contributed by atoms with Crippen molar-refractivity contribution in [1.29, 1.82) is 0 Å². The summed E-state index contributed by atoms with van der Waals surface area (Å²) in [6.45, 7) is 1.53. The van der Waals surface area contributed by atoms with E-state index in [2.05, 4.69) is 9.97 Å². The molecular formula is C15H16ClN3O3. The molecule has 0 amide bonds. The third kappa shape index (κ3) is 2.99. The molecule has 1 aliphatic rings. The van der Waals surface area contributed by atoms with E-state index in [0.29, 0.717) is 31.1 Å². The van der Waals surface area contributed by atoms with Gasteiger partial charge in [-0.25, -0.2) is 9.97 Å². The molecule has 1 atom stereocenters. The third-order valence-electron chi connectivity index (χ3n) is 3.56. The van der Waals surface area contributed by atoms with E-state index in [1.165, 1.54) is 6.33 Å². The van der Waals surface area contributed by atoms with E-state index in [0.717, 1.165) is 11.3 Å². The topological polar surface area (TPSA) is 67.7 Å². The van der Waals surface area contributed by atoms with Crippen molar-refractivity contribution in [3.8, 4) is 11.6 Å². The van der Waals surface area contributed by atoms with Crippen molar-refractivity contribution in [1.82, 2.24) is 14.9 Å². The zero-order chi connectivity index (χ0) is 15.5. The summed E-state index contributed by atoms with van der Waals surface area (Å²) in [7, 11) is 1.63. The van der Waals surface area contributed by atoms with Crippen molar-refractivity contribution >= 4 is 11.6 Å². The lowest BCUT2D eigenvalue weighted by molar-refractivity contribution is -0.00230. The number of rotatable bonds is 3. The third-order valence-corrected chi connectivity index (χ3v) is 3.87. The van der Waals surface area contributed by atoms with Gasteiger partial charge in [-0.15, -0.1) is 0 Å². The fraction of sp³-hybridized carbons (Fsp3) is 0.333. The van der Waals surface area contributed by atoms with Gasteiger partial charge in [-0.2, -0.15) is 0 Å². The van der Waals surface area contributed by atoms with Crippen LogP contribution in [0.1, 0.15) is 17.4 Å². The predicted molar refractivity (Wildman–Crippen MR) is 80.9 cm³/mol. The SMILES string of the molecule is COc1ccc(CN2CCOc3ncnc(Cl)c3C2O)cc1. The van der Waals surface area contributed by atoms with Crippen LogP contribution in [0, 0.1) is 0 Å². The lowest BCUT2D eigenvalue weighted by atomic mass is 10.2. The lowest BCUT2D eigenvalue weighted by Gasteiger charge is -2.25. The van der Waals surface area contributed by atoms with E-state index in [1.807, 2.05) is 29.2 Å². The van der Waals surface area contributed by atoms with Gasteiger partial charge in [0.25, 0.3) is 0 Å². The Balaban J connectivity index is 1.83. The second-order valence-corrected chi connectivity index (χ2v) is 5.28. The average molecular weight is 322 g/mol. The minimum Gasteiger partial charge on any atom is -0.497 e. The van der Waals surface area contributed by atoms with Gasteiger partial charge < -0.3 is 14.6 Å². The fourth-order valence-corrected chi connectivity index (χ4v) is 2.61. The van der Waals surface area contributed by atoms with Crippen LogP contribution in [-0.4, -0.2) is 40.2 Å². The number of methoxy groups -OCH3 is 1. The largest absolute Gasteiger partial charge is 0.497 e. The van der Waals surface area contributed by atoms with Crippen LogP contribution in [0.15, 0.2) is 30.6 Å². The molecule has 0 spiro atoms. The maximum atomic E-state index is 10.6. The van der Waals surface area contributed by atoms with E-state index in [-0.39, 0.29) is 5.15 Å². The highest BCUT2D eigenvalue weighted by atomic mass is 35.5. The van der Waals surface area contributed by atoms with Gasteiger partial charge >= 0.3 is 0 Å². The van der Waals surface area contributed by atoms with Gasteiger partial charge in [0.1, 0.15) is 30.1 Å². The summed E-state index contributed by atoms with van der Waals surface area (Å²) in [5, 5.41) is 10.8. The van der Waals surface area contributed by atoms with E-state index in [9.17, 15) is 5.11 Å². The van der Waals surface area contributed by atoms with Gasteiger partial charge in [0.2, 0.25) is 5.88 Å². The molecule has 22 heavy (non-hydrogen) atoms. The van der Waals surface area contributed by atoms with E-state index in [4.69, 9.17) is 21.1 Å². The molecule has 6 nitrogen and oxygen atoms in total. The zero-order valence-corrected chi connectivity index (χ0v) is 12.8. The van der Waals surface area contributed by atoms with Crippen LogP contribution in [0.25, 0.3) is 0 Å². The number of nitrogens with zero attached hydrogens (tertiary/aromatic N) is 3. The predicted octanol–water partition coefficient (Wildman–Crippen LogP) is 2.02. The Hall–Kier alpha value is -1.89. The van der Waals surface area contributed by atoms with Crippen molar-refractivity contribution < 1.29 is 14.6 Å². The van der Waals surface area contributed by atoms with Crippen LogP contribution >= 0.6 is 11.6 Å². The first kappa shape index (κ1) is 15.0. The van der Waals surface area contributed by atoms with Crippen LogP contribution in [0.3, 0.4) is 0 Å². The van der Waals surface area contributed by atoms with E-state index >= 15 is 0 Å². The number of aliphatic hydroxyl groups excluding tert-OH is 1. The second kappa shape index (κ2) is 6.48. The quantitative estimate of drug-likeness (QED) is 0.872. The van der Waals surface area contributed by atoms with Crippen molar-refractivity contribution in [2.75, 3.05) is 20.3 Å². The van der Waals surface area contributed by atoms with Gasteiger partial charge in [0, 0.05) is 13.1 Å². The van der Waals surface area contributed by atoms with Crippen molar-refractivity contribution in [3.05, 3.63) is 46.9 Å². The Morgan fingerprint density at radius 2 is 2.14 bits per heavy atom. The smallest absolute Gasteiger partial charge is 0.225 e.